The lowest BCUT2D eigenvalue weighted by molar-refractivity contribution is 0.220. The second-order valence-corrected chi connectivity index (χ2v) is 5.59. The summed E-state index contributed by atoms with van der Waals surface area (Å²) in [6.45, 7) is 7.03. The van der Waals surface area contributed by atoms with Crippen LogP contribution in [-0.2, 0) is 13.0 Å². The minimum absolute atomic E-state index is 0.704. The first-order chi connectivity index (χ1) is 8.86. The van der Waals surface area contributed by atoms with Crippen LogP contribution in [0.2, 0.25) is 0 Å². The van der Waals surface area contributed by atoms with E-state index >= 15 is 0 Å². The number of nitrogens with one attached hydrogen (secondary N) is 1. The van der Waals surface area contributed by atoms with Crippen molar-refractivity contribution in [2.45, 2.75) is 38.8 Å². The van der Waals surface area contributed by atoms with Crippen LogP contribution in [0.5, 0.6) is 0 Å². The van der Waals surface area contributed by atoms with Crippen LogP contribution in [0.25, 0.3) is 0 Å². The van der Waals surface area contributed by atoms with Gasteiger partial charge >= 0.3 is 0 Å². The fourth-order valence-electron chi connectivity index (χ4n) is 3.40. The van der Waals surface area contributed by atoms with Crippen molar-refractivity contribution < 1.29 is 0 Å². The maximum atomic E-state index is 4.52. The maximum Gasteiger partial charge on any atom is 0.0573 e. The molecule has 3 unspecified atom stereocenters. The Balaban J connectivity index is 1.60. The topological polar surface area (TPSA) is 28.2 Å². The molecule has 3 nitrogen and oxygen atoms in total. The molecule has 3 heteroatoms. The standard InChI is InChI=1S/C15H23N3/c1-2-12-4-3-7-16-15(12)10-17-14-6-9-18-8-5-13(14)11-18/h3-4,7,13-14,17H,2,5-6,8-11H2,1H3. The molecule has 98 valence electrons. The van der Waals surface area contributed by atoms with Crippen LogP contribution in [-0.4, -0.2) is 35.6 Å². The number of aryl methyl sites for hydroxylation is 1. The molecule has 2 fully saturated rings. The Labute approximate surface area is 110 Å². The summed E-state index contributed by atoms with van der Waals surface area (Å²) in [5.41, 5.74) is 2.62. The van der Waals surface area contributed by atoms with Crippen LogP contribution < -0.4 is 5.32 Å². The molecular formula is C15H23N3. The third-order valence-corrected chi connectivity index (χ3v) is 4.53. The van der Waals surface area contributed by atoms with Gasteiger partial charge in [-0.05, 0) is 49.9 Å². The Morgan fingerprint density at radius 1 is 1.39 bits per heavy atom. The van der Waals surface area contributed by atoms with Gasteiger partial charge in [-0.1, -0.05) is 13.0 Å². The molecule has 2 saturated heterocycles. The molecule has 0 amide bonds. The lowest BCUT2D eigenvalue weighted by Crippen LogP contribution is -2.43. The fourth-order valence-corrected chi connectivity index (χ4v) is 3.40. The van der Waals surface area contributed by atoms with Crippen molar-refractivity contribution >= 4 is 0 Å². The summed E-state index contributed by atoms with van der Waals surface area (Å²) >= 11 is 0. The van der Waals surface area contributed by atoms with Crippen molar-refractivity contribution in [1.82, 2.24) is 15.2 Å². The van der Waals surface area contributed by atoms with Gasteiger partial charge in [0.2, 0.25) is 0 Å². The Kier molecular flexibility index (Phi) is 3.62. The molecule has 18 heavy (non-hydrogen) atoms. The first kappa shape index (κ1) is 12.1. The van der Waals surface area contributed by atoms with Crippen LogP contribution in [0.4, 0.5) is 0 Å². The van der Waals surface area contributed by atoms with Crippen LogP contribution in [0, 0.1) is 5.92 Å². The lowest BCUT2D eigenvalue weighted by atomic mass is 9.94. The first-order valence-corrected chi connectivity index (χ1v) is 7.25. The Morgan fingerprint density at radius 2 is 2.28 bits per heavy atom. The van der Waals surface area contributed by atoms with Crippen molar-refractivity contribution in [2.75, 3.05) is 19.6 Å². The molecule has 0 aliphatic carbocycles. The van der Waals surface area contributed by atoms with Crippen LogP contribution in [0.15, 0.2) is 18.3 Å². The van der Waals surface area contributed by atoms with E-state index < -0.39 is 0 Å². The summed E-state index contributed by atoms with van der Waals surface area (Å²) < 4.78 is 0. The van der Waals surface area contributed by atoms with Gasteiger partial charge in [0.05, 0.1) is 5.69 Å². The Hall–Kier alpha value is -0.930. The van der Waals surface area contributed by atoms with Crippen LogP contribution in [0.3, 0.4) is 0 Å². The van der Waals surface area contributed by atoms with E-state index in [1.54, 1.807) is 0 Å². The number of nitrogens with zero attached hydrogens (tertiary/aromatic N) is 2. The van der Waals surface area contributed by atoms with Crippen molar-refractivity contribution in [2.24, 2.45) is 5.92 Å². The molecule has 2 bridgehead atoms. The molecule has 0 saturated carbocycles. The van der Waals surface area contributed by atoms with E-state index in [1.807, 2.05) is 12.3 Å². The molecule has 1 aromatic heterocycles. The summed E-state index contributed by atoms with van der Waals surface area (Å²) in [5.74, 6) is 0.868. The summed E-state index contributed by atoms with van der Waals surface area (Å²) in [6, 6.07) is 4.94. The van der Waals surface area contributed by atoms with Gasteiger partial charge in [0, 0.05) is 25.3 Å². The van der Waals surface area contributed by atoms with E-state index in [4.69, 9.17) is 0 Å². The van der Waals surface area contributed by atoms with Gasteiger partial charge in [0.25, 0.3) is 0 Å². The molecule has 1 N–H and O–H groups in total. The van der Waals surface area contributed by atoms with Gasteiger partial charge in [0.15, 0.2) is 0 Å². The first-order valence-electron chi connectivity index (χ1n) is 7.25. The van der Waals surface area contributed by atoms with Crippen LogP contribution >= 0.6 is 0 Å². The lowest BCUT2D eigenvalue weighted by Gasteiger charge is -2.31. The molecule has 2 aliphatic rings. The molecule has 0 spiro atoms. The third-order valence-electron chi connectivity index (χ3n) is 4.53. The highest BCUT2D eigenvalue weighted by Gasteiger charge is 2.33. The minimum atomic E-state index is 0.704. The number of hydrogen-bond donors (Lipinski definition) is 1. The number of aromatic nitrogens is 1. The molecule has 2 aliphatic heterocycles. The average molecular weight is 245 g/mol. The zero-order chi connectivity index (χ0) is 12.4. The number of piperidine rings is 1. The smallest absolute Gasteiger partial charge is 0.0573 e. The van der Waals surface area contributed by atoms with Crippen molar-refractivity contribution in [3.8, 4) is 0 Å². The highest BCUT2D eigenvalue weighted by atomic mass is 15.2. The fraction of sp³-hybridized carbons (Fsp3) is 0.667. The minimum Gasteiger partial charge on any atom is -0.308 e. The second-order valence-electron chi connectivity index (χ2n) is 5.59. The van der Waals surface area contributed by atoms with Crippen molar-refractivity contribution in [1.29, 1.82) is 0 Å². The van der Waals surface area contributed by atoms with Gasteiger partial charge in [-0.3, -0.25) is 4.98 Å². The molecule has 1 aromatic rings. The number of rotatable bonds is 4. The summed E-state index contributed by atoms with van der Waals surface area (Å²) in [4.78, 5) is 7.12. The van der Waals surface area contributed by atoms with Gasteiger partial charge < -0.3 is 10.2 Å². The van der Waals surface area contributed by atoms with Gasteiger partial charge in [-0.25, -0.2) is 0 Å². The zero-order valence-electron chi connectivity index (χ0n) is 11.2. The monoisotopic (exact) mass is 245 g/mol. The normalized spacial score (nSPS) is 30.6. The Morgan fingerprint density at radius 3 is 3.17 bits per heavy atom. The third kappa shape index (κ3) is 2.43. The predicted molar refractivity (Wildman–Crippen MR) is 73.4 cm³/mol. The number of hydrogen-bond acceptors (Lipinski definition) is 3. The van der Waals surface area contributed by atoms with Gasteiger partial charge in [-0.2, -0.15) is 0 Å². The van der Waals surface area contributed by atoms with E-state index in [9.17, 15) is 0 Å². The number of pyridine rings is 1. The summed E-state index contributed by atoms with van der Waals surface area (Å²) in [6.07, 6.45) is 5.67. The van der Waals surface area contributed by atoms with E-state index in [0.29, 0.717) is 6.04 Å². The van der Waals surface area contributed by atoms with Gasteiger partial charge in [-0.15, -0.1) is 0 Å². The zero-order valence-corrected chi connectivity index (χ0v) is 11.2. The quantitative estimate of drug-likeness (QED) is 0.877. The van der Waals surface area contributed by atoms with Crippen molar-refractivity contribution in [3.05, 3.63) is 29.6 Å². The molecule has 3 rings (SSSR count). The largest absolute Gasteiger partial charge is 0.308 e. The molecule has 3 atom stereocenters. The average Bonchev–Trinajstić information content (AvgIpc) is 2.81. The van der Waals surface area contributed by atoms with E-state index in [-0.39, 0.29) is 0 Å². The van der Waals surface area contributed by atoms with E-state index in [2.05, 4.69) is 28.2 Å². The van der Waals surface area contributed by atoms with E-state index in [0.717, 1.165) is 18.9 Å². The summed E-state index contributed by atoms with van der Waals surface area (Å²) in [5, 5.41) is 3.75. The van der Waals surface area contributed by atoms with E-state index in [1.165, 1.54) is 43.7 Å². The van der Waals surface area contributed by atoms with Crippen molar-refractivity contribution in [3.63, 3.8) is 0 Å². The summed E-state index contributed by atoms with van der Waals surface area (Å²) in [7, 11) is 0. The maximum absolute atomic E-state index is 4.52. The molecular weight excluding hydrogens is 222 g/mol. The highest BCUT2D eigenvalue weighted by molar-refractivity contribution is 5.19. The molecule has 3 heterocycles. The number of fused-ring (bicyclic) bond motifs is 2. The van der Waals surface area contributed by atoms with Gasteiger partial charge in [0.1, 0.15) is 0 Å². The Bertz CT molecular complexity index is 404. The highest BCUT2D eigenvalue weighted by Crippen LogP contribution is 2.27. The SMILES string of the molecule is CCc1cccnc1CNC1CCN2CCC1C2. The molecule has 0 radical (unpaired) electrons. The predicted octanol–water partition coefficient (Wildman–Crippen LogP) is 1.83. The second kappa shape index (κ2) is 5.37. The van der Waals surface area contributed by atoms with Crippen LogP contribution in [0.1, 0.15) is 31.0 Å². The molecule has 0 aromatic carbocycles.